The van der Waals surface area contributed by atoms with Gasteiger partial charge in [-0.15, -0.1) is 0 Å². The van der Waals surface area contributed by atoms with E-state index in [1.807, 2.05) is 6.07 Å². The summed E-state index contributed by atoms with van der Waals surface area (Å²) in [5.41, 5.74) is 1.31. The average molecular weight is 416 g/mol. The van der Waals surface area contributed by atoms with Crippen LogP contribution in [0.1, 0.15) is 18.9 Å². The third kappa shape index (κ3) is 4.33. The van der Waals surface area contributed by atoms with E-state index in [2.05, 4.69) is 71.2 Å². The molecule has 0 N–H and O–H groups in total. The second-order valence-electron chi connectivity index (χ2n) is 3.33. The SMILES string of the molecule is Cc1ccc(OCCC(C)I)cc1I. The molecule has 0 aliphatic carbocycles. The van der Waals surface area contributed by atoms with Crippen LogP contribution in [0, 0.1) is 10.5 Å². The van der Waals surface area contributed by atoms with Gasteiger partial charge in [0.15, 0.2) is 0 Å². The first-order valence-corrected chi connectivity index (χ1v) is 6.95. The van der Waals surface area contributed by atoms with E-state index in [0.29, 0.717) is 3.92 Å². The second-order valence-corrected chi connectivity index (χ2v) is 6.62. The third-order valence-electron chi connectivity index (χ3n) is 1.93. The summed E-state index contributed by atoms with van der Waals surface area (Å²) in [4.78, 5) is 0. The second kappa shape index (κ2) is 6.15. The van der Waals surface area contributed by atoms with Gasteiger partial charge in [-0.2, -0.15) is 0 Å². The van der Waals surface area contributed by atoms with Crippen LogP contribution in [0.5, 0.6) is 5.75 Å². The van der Waals surface area contributed by atoms with Crippen LogP contribution in [0.3, 0.4) is 0 Å². The number of rotatable bonds is 4. The van der Waals surface area contributed by atoms with Gasteiger partial charge in [0.2, 0.25) is 0 Å². The van der Waals surface area contributed by atoms with Crippen molar-refractivity contribution in [2.45, 2.75) is 24.2 Å². The summed E-state index contributed by atoms with van der Waals surface area (Å²) in [5, 5.41) is 0. The van der Waals surface area contributed by atoms with Gasteiger partial charge >= 0.3 is 0 Å². The van der Waals surface area contributed by atoms with E-state index < -0.39 is 0 Å². The van der Waals surface area contributed by atoms with Crippen molar-refractivity contribution in [1.82, 2.24) is 0 Å². The standard InChI is InChI=1S/C11H14I2O/c1-8-3-4-10(7-11(8)13)14-6-5-9(2)12/h3-4,7,9H,5-6H2,1-2H3. The summed E-state index contributed by atoms with van der Waals surface area (Å²) in [6, 6.07) is 6.23. The van der Waals surface area contributed by atoms with Crippen LogP contribution in [0.25, 0.3) is 0 Å². The van der Waals surface area contributed by atoms with Gasteiger partial charge in [0.1, 0.15) is 5.75 Å². The van der Waals surface area contributed by atoms with Gasteiger partial charge in [-0.1, -0.05) is 35.6 Å². The highest BCUT2D eigenvalue weighted by Gasteiger charge is 1.99. The van der Waals surface area contributed by atoms with Crippen LogP contribution in [0.15, 0.2) is 18.2 Å². The van der Waals surface area contributed by atoms with Crippen molar-refractivity contribution < 1.29 is 4.74 Å². The van der Waals surface area contributed by atoms with Crippen LogP contribution in [-0.2, 0) is 0 Å². The first-order valence-electron chi connectivity index (χ1n) is 4.62. The maximum absolute atomic E-state index is 5.64. The number of ether oxygens (including phenoxy) is 1. The zero-order chi connectivity index (χ0) is 10.6. The highest BCUT2D eigenvalue weighted by atomic mass is 127. The highest BCUT2D eigenvalue weighted by molar-refractivity contribution is 14.1. The molecule has 0 saturated carbocycles. The van der Waals surface area contributed by atoms with Gasteiger partial charge in [-0.3, -0.25) is 0 Å². The predicted octanol–water partition coefficient (Wildman–Crippen LogP) is 4.19. The molecule has 0 saturated heterocycles. The molecule has 1 unspecified atom stereocenters. The summed E-state index contributed by atoms with van der Waals surface area (Å²) < 4.78 is 7.59. The zero-order valence-electron chi connectivity index (χ0n) is 8.39. The fourth-order valence-electron chi connectivity index (χ4n) is 1.00. The molecule has 0 aliphatic heterocycles. The van der Waals surface area contributed by atoms with Crippen molar-refractivity contribution in [3.05, 3.63) is 27.3 Å². The Morgan fingerprint density at radius 1 is 1.43 bits per heavy atom. The molecule has 0 radical (unpaired) electrons. The van der Waals surface area contributed by atoms with E-state index in [0.717, 1.165) is 18.8 Å². The molecule has 1 atom stereocenters. The average Bonchev–Trinajstić information content (AvgIpc) is 2.10. The maximum atomic E-state index is 5.64. The van der Waals surface area contributed by atoms with Crippen LogP contribution in [0.2, 0.25) is 0 Å². The first-order chi connectivity index (χ1) is 6.59. The number of benzene rings is 1. The molecule has 0 aromatic heterocycles. The summed E-state index contributed by atoms with van der Waals surface area (Å²) in [7, 11) is 0. The van der Waals surface area contributed by atoms with Crippen molar-refractivity contribution in [2.75, 3.05) is 6.61 Å². The van der Waals surface area contributed by atoms with E-state index in [9.17, 15) is 0 Å². The lowest BCUT2D eigenvalue weighted by Crippen LogP contribution is -2.02. The summed E-state index contributed by atoms with van der Waals surface area (Å²) in [6.45, 7) is 5.12. The van der Waals surface area contributed by atoms with Crippen molar-refractivity contribution in [3.8, 4) is 5.75 Å². The molecule has 0 heterocycles. The number of hydrogen-bond donors (Lipinski definition) is 0. The largest absolute Gasteiger partial charge is 0.494 e. The summed E-state index contributed by atoms with van der Waals surface area (Å²) in [5.74, 6) is 0.983. The van der Waals surface area contributed by atoms with Gasteiger partial charge < -0.3 is 4.74 Å². The Balaban J connectivity index is 2.47. The predicted molar refractivity (Wildman–Crippen MR) is 77.5 cm³/mol. The minimum atomic E-state index is 0.678. The molecular weight excluding hydrogens is 402 g/mol. The lowest BCUT2D eigenvalue weighted by Gasteiger charge is -2.08. The Morgan fingerprint density at radius 2 is 2.14 bits per heavy atom. The third-order valence-corrected chi connectivity index (χ3v) is 3.71. The van der Waals surface area contributed by atoms with Crippen LogP contribution in [0.4, 0.5) is 0 Å². The van der Waals surface area contributed by atoms with Gasteiger partial charge in [0.25, 0.3) is 0 Å². The van der Waals surface area contributed by atoms with Gasteiger partial charge in [0.05, 0.1) is 6.61 Å². The minimum Gasteiger partial charge on any atom is -0.494 e. The first kappa shape index (κ1) is 12.5. The molecular formula is C11H14I2O. The van der Waals surface area contributed by atoms with Crippen molar-refractivity contribution in [2.24, 2.45) is 0 Å². The Hall–Kier alpha value is 0.480. The van der Waals surface area contributed by atoms with Crippen molar-refractivity contribution >= 4 is 45.2 Å². The number of aryl methyl sites for hydroxylation is 1. The molecule has 1 nitrogen and oxygen atoms in total. The minimum absolute atomic E-state index is 0.678. The molecule has 0 bridgehead atoms. The molecule has 78 valence electrons. The number of alkyl halides is 1. The smallest absolute Gasteiger partial charge is 0.120 e. The molecule has 3 heteroatoms. The Labute approximate surface area is 113 Å². The molecule has 0 spiro atoms. The summed E-state index contributed by atoms with van der Waals surface area (Å²) in [6.07, 6.45) is 1.10. The Morgan fingerprint density at radius 3 is 2.71 bits per heavy atom. The Kier molecular flexibility index (Phi) is 5.51. The Bertz CT molecular complexity index is 297. The van der Waals surface area contributed by atoms with E-state index in [-0.39, 0.29) is 0 Å². The van der Waals surface area contributed by atoms with Crippen LogP contribution >= 0.6 is 45.2 Å². The lowest BCUT2D eigenvalue weighted by atomic mass is 10.2. The molecule has 1 aromatic carbocycles. The van der Waals surface area contributed by atoms with Gasteiger partial charge in [-0.25, -0.2) is 0 Å². The molecule has 1 aromatic rings. The van der Waals surface area contributed by atoms with E-state index in [1.54, 1.807) is 0 Å². The maximum Gasteiger partial charge on any atom is 0.120 e. The monoisotopic (exact) mass is 416 g/mol. The number of halogens is 2. The van der Waals surface area contributed by atoms with E-state index in [4.69, 9.17) is 4.74 Å². The molecule has 1 rings (SSSR count). The molecule has 0 amide bonds. The molecule has 0 fully saturated rings. The fourth-order valence-corrected chi connectivity index (χ4v) is 1.74. The molecule has 14 heavy (non-hydrogen) atoms. The van der Waals surface area contributed by atoms with Crippen LogP contribution in [-0.4, -0.2) is 10.5 Å². The van der Waals surface area contributed by atoms with Gasteiger partial charge in [0, 0.05) is 7.49 Å². The van der Waals surface area contributed by atoms with Crippen molar-refractivity contribution in [3.63, 3.8) is 0 Å². The molecule has 0 aliphatic rings. The quantitative estimate of drug-likeness (QED) is 0.529. The van der Waals surface area contributed by atoms with Gasteiger partial charge in [-0.05, 0) is 53.6 Å². The lowest BCUT2D eigenvalue weighted by molar-refractivity contribution is 0.312. The highest BCUT2D eigenvalue weighted by Crippen LogP contribution is 2.19. The fraction of sp³-hybridized carbons (Fsp3) is 0.455. The van der Waals surface area contributed by atoms with Crippen molar-refractivity contribution in [1.29, 1.82) is 0 Å². The summed E-state index contributed by atoms with van der Waals surface area (Å²) >= 11 is 4.75. The normalized spacial score (nSPS) is 12.6. The van der Waals surface area contributed by atoms with E-state index >= 15 is 0 Å². The zero-order valence-corrected chi connectivity index (χ0v) is 12.7. The van der Waals surface area contributed by atoms with E-state index in [1.165, 1.54) is 9.13 Å². The number of hydrogen-bond acceptors (Lipinski definition) is 1. The van der Waals surface area contributed by atoms with Crippen LogP contribution < -0.4 is 4.74 Å². The topological polar surface area (TPSA) is 9.23 Å².